The molecule has 0 bridgehead atoms. The van der Waals surface area contributed by atoms with Gasteiger partial charge < -0.3 is 30.7 Å². The molecule has 3 aliphatic heterocycles. The number of carbonyl (C=O) groups excluding carboxylic acids is 3. The molecule has 13 heteroatoms. The maximum absolute atomic E-state index is 13.1. The van der Waals surface area contributed by atoms with Crippen LogP contribution >= 0.6 is 0 Å². The molecule has 3 saturated heterocycles. The number of hydrogen-bond donors (Lipinski definition) is 4. The molecule has 2 atom stereocenters. The molecule has 5 heterocycles. The number of piperidine rings is 2. The Morgan fingerprint density at radius 3 is 2.38 bits per heavy atom. The third kappa shape index (κ3) is 8.70. The van der Waals surface area contributed by atoms with Gasteiger partial charge in [0, 0.05) is 92.0 Å². The van der Waals surface area contributed by atoms with Crippen molar-refractivity contribution in [2.24, 2.45) is 11.3 Å². The van der Waals surface area contributed by atoms with Crippen LogP contribution < -0.4 is 31.1 Å². The Labute approximate surface area is 358 Å². The van der Waals surface area contributed by atoms with E-state index in [4.69, 9.17) is 9.97 Å². The number of anilines is 6. The van der Waals surface area contributed by atoms with Gasteiger partial charge in [0.15, 0.2) is 0 Å². The van der Waals surface area contributed by atoms with Crippen molar-refractivity contribution in [1.82, 2.24) is 30.5 Å². The van der Waals surface area contributed by atoms with Crippen LogP contribution in [0, 0.1) is 11.3 Å². The monoisotopic (exact) mass is 822 g/mol. The van der Waals surface area contributed by atoms with Crippen LogP contribution in [0.1, 0.15) is 97.3 Å². The van der Waals surface area contributed by atoms with Crippen molar-refractivity contribution >= 4 is 52.4 Å². The fourth-order valence-electron chi connectivity index (χ4n) is 10.3. The summed E-state index contributed by atoms with van der Waals surface area (Å²) in [5, 5.41) is 12.0. The Morgan fingerprint density at radius 1 is 0.918 bits per heavy atom. The van der Waals surface area contributed by atoms with Gasteiger partial charge in [-0.3, -0.25) is 19.7 Å². The van der Waals surface area contributed by atoms with Crippen molar-refractivity contribution in [3.8, 4) is 0 Å². The van der Waals surface area contributed by atoms with E-state index in [1.54, 1.807) is 12.3 Å². The standard InChI is InChI=1S/C48H58N10O3/c1-4-22-49-45(60)40-27-50-47(55-44(40)53-41-18-10-34-7-6-32(5-2)43(34)52-41)51-35-11-15-37(16-12-35)58-29-48(30-58)25-38(26-48)56(3)28-31-20-23-57(24-21-31)36-13-8-33(9-14-36)39-17-19-42(59)54-46(39)61/h4,8-16,18,27,31-32,38-39H,1,5-7,17,19-26,28-30H2,2-3H3,(H,49,60)(H,54,59,61)(H2,50,51,52,53,55). The molecule has 4 fully saturated rings. The van der Waals surface area contributed by atoms with Gasteiger partial charge in [-0.05, 0) is 118 Å². The molecule has 1 saturated carbocycles. The summed E-state index contributed by atoms with van der Waals surface area (Å²) in [5.41, 5.74) is 7.47. The summed E-state index contributed by atoms with van der Waals surface area (Å²) in [4.78, 5) is 58.7. The predicted octanol–water partition coefficient (Wildman–Crippen LogP) is 7.05. The zero-order valence-electron chi connectivity index (χ0n) is 35.5. The Hall–Kier alpha value is -5.82. The number of benzene rings is 2. The van der Waals surface area contributed by atoms with Crippen LogP contribution in [0.15, 0.2) is 79.5 Å². The lowest BCUT2D eigenvalue weighted by Gasteiger charge is -2.61. The van der Waals surface area contributed by atoms with Gasteiger partial charge in [0.2, 0.25) is 17.8 Å². The third-order valence-corrected chi connectivity index (χ3v) is 13.9. The largest absolute Gasteiger partial charge is 0.372 e. The number of aryl methyl sites for hydroxylation is 1. The summed E-state index contributed by atoms with van der Waals surface area (Å²) in [5.74, 6) is 1.72. The second-order valence-electron chi connectivity index (χ2n) is 18.0. The topological polar surface area (TPSA) is 148 Å². The number of imide groups is 1. The van der Waals surface area contributed by atoms with Crippen molar-refractivity contribution in [3.63, 3.8) is 0 Å². The third-order valence-electron chi connectivity index (χ3n) is 13.9. The molecule has 4 N–H and O–H groups in total. The molecular formula is C48H58N10O3. The lowest BCUT2D eigenvalue weighted by molar-refractivity contribution is -0.134. The SMILES string of the molecule is C=CCNC(=O)c1cnc(Nc2ccc(N3CC4(CC(N(C)CC5CCN(c6ccc(C7CCC(=O)NC7=O)cc6)CC5)C4)C3)cc2)nc1Nc1ccc2c(n1)C(CC)CC2. The molecule has 2 aliphatic carbocycles. The summed E-state index contributed by atoms with van der Waals surface area (Å²) in [6.45, 7) is 11.7. The van der Waals surface area contributed by atoms with Gasteiger partial charge in [-0.15, -0.1) is 6.58 Å². The van der Waals surface area contributed by atoms with E-state index in [-0.39, 0.29) is 23.6 Å². The number of nitrogens with one attached hydrogen (secondary N) is 4. The highest BCUT2D eigenvalue weighted by molar-refractivity contribution is 6.01. The molecule has 9 rings (SSSR count). The second kappa shape index (κ2) is 17.3. The highest BCUT2D eigenvalue weighted by Crippen LogP contribution is 2.51. The molecule has 0 radical (unpaired) electrons. The fourth-order valence-corrected chi connectivity index (χ4v) is 10.3. The number of fused-ring (bicyclic) bond motifs is 1. The maximum Gasteiger partial charge on any atom is 0.256 e. The Balaban J connectivity index is 0.738. The smallest absolute Gasteiger partial charge is 0.256 e. The van der Waals surface area contributed by atoms with Crippen LogP contribution in [-0.4, -0.2) is 89.9 Å². The lowest BCUT2D eigenvalue weighted by atomic mass is 9.60. The van der Waals surface area contributed by atoms with E-state index in [9.17, 15) is 14.4 Å². The van der Waals surface area contributed by atoms with E-state index >= 15 is 0 Å². The van der Waals surface area contributed by atoms with Gasteiger partial charge in [0.05, 0.1) is 5.92 Å². The van der Waals surface area contributed by atoms with Gasteiger partial charge >= 0.3 is 0 Å². The van der Waals surface area contributed by atoms with Gasteiger partial charge in [-0.1, -0.05) is 31.2 Å². The molecule has 2 aromatic heterocycles. The van der Waals surface area contributed by atoms with E-state index in [1.165, 1.54) is 42.6 Å². The van der Waals surface area contributed by atoms with E-state index in [1.807, 2.05) is 6.07 Å². The molecule has 1 spiro atoms. The minimum atomic E-state index is -0.283. The van der Waals surface area contributed by atoms with Crippen LogP contribution in [0.4, 0.5) is 34.6 Å². The molecule has 61 heavy (non-hydrogen) atoms. The fraction of sp³-hybridized carbons (Fsp3) is 0.458. The first-order valence-electron chi connectivity index (χ1n) is 22.2. The number of hydrogen-bond acceptors (Lipinski definition) is 11. The zero-order chi connectivity index (χ0) is 42.1. The lowest BCUT2D eigenvalue weighted by Crippen LogP contribution is -2.66. The van der Waals surface area contributed by atoms with Crippen LogP contribution in [0.3, 0.4) is 0 Å². The molecule has 4 aromatic rings. The summed E-state index contributed by atoms with van der Waals surface area (Å²) >= 11 is 0. The van der Waals surface area contributed by atoms with Crippen molar-refractivity contribution in [3.05, 3.63) is 102 Å². The van der Waals surface area contributed by atoms with E-state index in [0.717, 1.165) is 68.9 Å². The van der Waals surface area contributed by atoms with E-state index in [2.05, 4.69) is 116 Å². The first-order chi connectivity index (χ1) is 29.7. The van der Waals surface area contributed by atoms with E-state index < -0.39 is 0 Å². The summed E-state index contributed by atoms with van der Waals surface area (Å²) in [6, 6.07) is 21.6. The van der Waals surface area contributed by atoms with Crippen LogP contribution in [-0.2, 0) is 16.0 Å². The van der Waals surface area contributed by atoms with Gasteiger partial charge in [0.1, 0.15) is 17.2 Å². The molecule has 3 amide bonds. The molecule has 13 nitrogen and oxygen atoms in total. The van der Waals surface area contributed by atoms with Gasteiger partial charge in [-0.25, -0.2) is 9.97 Å². The number of pyridine rings is 1. The van der Waals surface area contributed by atoms with Crippen molar-refractivity contribution in [2.45, 2.75) is 82.6 Å². The molecule has 2 unspecified atom stereocenters. The summed E-state index contributed by atoms with van der Waals surface area (Å²) in [7, 11) is 2.32. The zero-order valence-corrected chi connectivity index (χ0v) is 35.5. The molecule has 2 aromatic carbocycles. The average molecular weight is 823 g/mol. The van der Waals surface area contributed by atoms with Crippen LogP contribution in [0.25, 0.3) is 0 Å². The minimum absolute atomic E-state index is 0.173. The summed E-state index contributed by atoms with van der Waals surface area (Å²) < 4.78 is 0. The minimum Gasteiger partial charge on any atom is -0.372 e. The van der Waals surface area contributed by atoms with E-state index in [0.29, 0.717) is 65.8 Å². The highest BCUT2D eigenvalue weighted by Gasteiger charge is 2.53. The first kappa shape index (κ1) is 40.6. The highest BCUT2D eigenvalue weighted by atomic mass is 16.2. The van der Waals surface area contributed by atoms with Crippen molar-refractivity contribution in [1.29, 1.82) is 0 Å². The molecular weight excluding hydrogens is 765 g/mol. The predicted molar refractivity (Wildman–Crippen MR) is 240 cm³/mol. The second-order valence-corrected chi connectivity index (χ2v) is 18.0. The number of carbonyl (C=O) groups is 3. The molecule has 5 aliphatic rings. The average Bonchev–Trinajstić information content (AvgIpc) is 3.65. The summed E-state index contributed by atoms with van der Waals surface area (Å²) in [6.07, 6.45) is 12.3. The van der Waals surface area contributed by atoms with Crippen LogP contribution in [0.5, 0.6) is 0 Å². The van der Waals surface area contributed by atoms with Gasteiger partial charge in [-0.2, -0.15) is 4.98 Å². The van der Waals surface area contributed by atoms with Crippen LogP contribution in [0.2, 0.25) is 0 Å². The van der Waals surface area contributed by atoms with Gasteiger partial charge in [0.25, 0.3) is 5.91 Å². The quantitative estimate of drug-likeness (QED) is 0.0767. The number of rotatable bonds is 14. The Bertz CT molecular complexity index is 2260. The number of aromatic nitrogens is 3. The maximum atomic E-state index is 13.1. The Morgan fingerprint density at radius 2 is 1.66 bits per heavy atom. The van der Waals surface area contributed by atoms with Crippen molar-refractivity contribution in [2.75, 3.05) is 66.7 Å². The first-order valence-corrected chi connectivity index (χ1v) is 22.2. The molecule has 318 valence electrons. The van der Waals surface area contributed by atoms with Crippen molar-refractivity contribution < 1.29 is 14.4 Å². The number of amides is 3. The Kier molecular flexibility index (Phi) is 11.5. The number of nitrogens with zero attached hydrogens (tertiary/aromatic N) is 6. The normalized spacial score (nSPS) is 21.1.